The lowest BCUT2D eigenvalue weighted by atomic mass is 10.2. The first-order valence-corrected chi connectivity index (χ1v) is 9.81. The fourth-order valence-electron chi connectivity index (χ4n) is 3.59. The van der Waals surface area contributed by atoms with Gasteiger partial charge in [0.1, 0.15) is 12.1 Å². The number of nitrogens with one attached hydrogen (secondary N) is 2. The average Bonchev–Trinajstić information content (AvgIpc) is 3.33. The molecule has 0 aliphatic carbocycles. The van der Waals surface area contributed by atoms with Crippen LogP contribution in [-0.2, 0) is 9.53 Å². The number of anilines is 1. The van der Waals surface area contributed by atoms with E-state index in [4.69, 9.17) is 27.9 Å². The molecule has 1 amide bonds. The Morgan fingerprint density at radius 1 is 1.22 bits per heavy atom. The van der Waals surface area contributed by atoms with Crippen LogP contribution in [0.4, 0.5) is 5.82 Å². The van der Waals surface area contributed by atoms with Crippen molar-refractivity contribution in [3.63, 3.8) is 0 Å². The van der Waals surface area contributed by atoms with Gasteiger partial charge in [0.15, 0.2) is 0 Å². The molecule has 27 heavy (non-hydrogen) atoms. The van der Waals surface area contributed by atoms with E-state index in [-0.39, 0.29) is 12.5 Å². The van der Waals surface area contributed by atoms with Crippen LogP contribution in [0.2, 0.25) is 10.0 Å². The molecule has 7 nitrogen and oxygen atoms in total. The number of amides is 1. The summed E-state index contributed by atoms with van der Waals surface area (Å²) in [6.45, 7) is 3.24. The molecular weight excluding hydrogens is 389 g/mol. The third-order valence-corrected chi connectivity index (χ3v) is 5.75. The van der Waals surface area contributed by atoms with Crippen LogP contribution in [0.5, 0.6) is 0 Å². The van der Waals surface area contributed by atoms with E-state index in [0.717, 1.165) is 44.5 Å². The Morgan fingerprint density at radius 3 is 2.89 bits per heavy atom. The first kappa shape index (κ1) is 18.7. The van der Waals surface area contributed by atoms with E-state index in [2.05, 4.69) is 20.6 Å². The molecule has 0 spiro atoms. The van der Waals surface area contributed by atoms with Crippen LogP contribution >= 0.6 is 23.2 Å². The molecule has 9 heteroatoms. The minimum absolute atomic E-state index is 0.0498. The van der Waals surface area contributed by atoms with Crippen molar-refractivity contribution in [3.8, 4) is 0 Å². The van der Waals surface area contributed by atoms with Crippen molar-refractivity contribution in [2.45, 2.75) is 24.9 Å². The molecule has 2 aliphatic rings. The van der Waals surface area contributed by atoms with Crippen molar-refractivity contribution >= 4 is 45.8 Å². The van der Waals surface area contributed by atoms with Gasteiger partial charge >= 0.3 is 0 Å². The number of fused-ring (bicyclic) bond motifs is 1. The zero-order chi connectivity index (χ0) is 18.8. The lowest BCUT2D eigenvalue weighted by Crippen LogP contribution is -2.42. The maximum absolute atomic E-state index is 12.6. The molecule has 0 bridgehead atoms. The second-order valence-electron chi connectivity index (χ2n) is 6.91. The second kappa shape index (κ2) is 8.14. The van der Waals surface area contributed by atoms with E-state index in [0.29, 0.717) is 33.5 Å². The fraction of sp³-hybridized carbons (Fsp3) is 0.500. The molecule has 144 valence electrons. The Labute approximate surface area is 167 Å². The van der Waals surface area contributed by atoms with Gasteiger partial charge in [0, 0.05) is 37.2 Å². The molecule has 2 saturated heterocycles. The number of benzene rings is 1. The van der Waals surface area contributed by atoms with Gasteiger partial charge in [-0.25, -0.2) is 9.97 Å². The van der Waals surface area contributed by atoms with Gasteiger partial charge in [0.25, 0.3) is 0 Å². The minimum atomic E-state index is 0.0498. The lowest BCUT2D eigenvalue weighted by Gasteiger charge is -2.19. The third-order valence-electron chi connectivity index (χ3n) is 5.03. The number of aromatic nitrogens is 2. The molecule has 2 N–H and O–H groups in total. The summed E-state index contributed by atoms with van der Waals surface area (Å²) >= 11 is 12.1. The number of likely N-dealkylation sites (tertiary alicyclic amines) is 1. The van der Waals surface area contributed by atoms with Crippen molar-refractivity contribution in [3.05, 3.63) is 28.5 Å². The largest absolute Gasteiger partial charge is 0.380 e. The van der Waals surface area contributed by atoms with Gasteiger partial charge in [0.2, 0.25) is 5.91 Å². The summed E-state index contributed by atoms with van der Waals surface area (Å²) in [5, 5.41) is 8.30. The van der Waals surface area contributed by atoms with Gasteiger partial charge in [-0.3, -0.25) is 4.79 Å². The quantitative estimate of drug-likeness (QED) is 0.788. The summed E-state index contributed by atoms with van der Waals surface area (Å²) in [5.41, 5.74) is 0.679. The van der Waals surface area contributed by atoms with Crippen LogP contribution in [0.1, 0.15) is 12.8 Å². The number of carbonyl (C=O) groups is 1. The first-order chi connectivity index (χ1) is 13.1. The maximum atomic E-state index is 12.6. The Kier molecular flexibility index (Phi) is 5.63. The molecular formula is C18H21Cl2N5O2. The van der Waals surface area contributed by atoms with Crippen molar-refractivity contribution in [2.24, 2.45) is 0 Å². The van der Waals surface area contributed by atoms with E-state index < -0.39 is 0 Å². The lowest BCUT2D eigenvalue weighted by molar-refractivity contribution is -0.128. The highest BCUT2D eigenvalue weighted by molar-refractivity contribution is 6.42. The molecule has 1 aromatic heterocycles. The standard InChI is InChI=1S/C18H21Cl2N5O2/c19-14-5-13-16(6-15(14)20)22-10-23-18(13)21-7-17(26)25-3-1-11(8-25)24-12-2-4-27-9-12/h5-6,10-12,24H,1-4,7-9H2,(H,21,22,23)/t11-,12?/m1/s1. The van der Waals surface area contributed by atoms with E-state index in [9.17, 15) is 4.79 Å². The fourth-order valence-corrected chi connectivity index (χ4v) is 3.91. The summed E-state index contributed by atoms with van der Waals surface area (Å²) in [4.78, 5) is 22.9. The Morgan fingerprint density at radius 2 is 2.07 bits per heavy atom. The van der Waals surface area contributed by atoms with Crippen molar-refractivity contribution in [2.75, 3.05) is 38.2 Å². The monoisotopic (exact) mass is 409 g/mol. The molecule has 2 fully saturated rings. The zero-order valence-corrected chi connectivity index (χ0v) is 16.3. The molecule has 2 aromatic rings. The Hall–Kier alpha value is -1.67. The summed E-state index contributed by atoms with van der Waals surface area (Å²) in [7, 11) is 0. The summed E-state index contributed by atoms with van der Waals surface area (Å²) in [6.07, 6.45) is 3.45. The van der Waals surface area contributed by atoms with Crippen LogP contribution in [-0.4, -0.2) is 65.7 Å². The van der Waals surface area contributed by atoms with E-state index >= 15 is 0 Å². The number of halogens is 2. The van der Waals surface area contributed by atoms with E-state index in [1.807, 2.05) is 4.90 Å². The Balaban J connectivity index is 1.35. The van der Waals surface area contributed by atoms with E-state index in [1.54, 1.807) is 12.1 Å². The van der Waals surface area contributed by atoms with Crippen LogP contribution in [0.25, 0.3) is 10.9 Å². The summed E-state index contributed by atoms with van der Waals surface area (Å²) in [5.74, 6) is 0.623. The molecule has 0 radical (unpaired) electrons. The molecule has 3 heterocycles. The molecule has 0 saturated carbocycles. The molecule has 4 rings (SSSR count). The van der Waals surface area contributed by atoms with Crippen molar-refractivity contribution < 1.29 is 9.53 Å². The zero-order valence-electron chi connectivity index (χ0n) is 14.8. The van der Waals surface area contributed by atoms with Gasteiger partial charge in [0.05, 0.1) is 28.7 Å². The highest BCUT2D eigenvalue weighted by atomic mass is 35.5. The van der Waals surface area contributed by atoms with Gasteiger partial charge < -0.3 is 20.3 Å². The van der Waals surface area contributed by atoms with Crippen molar-refractivity contribution in [1.29, 1.82) is 0 Å². The van der Waals surface area contributed by atoms with Crippen molar-refractivity contribution in [1.82, 2.24) is 20.2 Å². The Bertz CT molecular complexity index is 844. The number of hydrogen-bond acceptors (Lipinski definition) is 6. The number of carbonyl (C=O) groups excluding carboxylic acids is 1. The summed E-state index contributed by atoms with van der Waals surface area (Å²) < 4.78 is 5.40. The molecule has 1 aromatic carbocycles. The first-order valence-electron chi connectivity index (χ1n) is 9.05. The maximum Gasteiger partial charge on any atom is 0.241 e. The third kappa shape index (κ3) is 4.27. The normalized spacial score (nSPS) is 22.5. The second-order valence-corrected chi connectivity index (χ2v) is 7.73. The van der Waals surface area contributed by atoms with Gasteiger partial charge in [-0.2, -0.15) is 0 Å². The molecule has 1 unspecified atom stereocenters. The van der Waals surface area contributed by atoms with Gasteiger partial charge in [-0.05, 0) is 25.0 Å². The predicted molar refractivity (Wildman–Crippen MR) is 105 cm³/mol. The van der Waals surface area contributed by atoms with Crippen LogP contribution in [0.3, 0.4) is 0 Å². The van der Waals surface area contributed by atoms with E-state index in [1.165, 1.54) is 6.33 Å². The molecule has 2 aliphatic heterocycles. The average molecular weight is 410 g/mol. The predicted octanol–water partition coefficient (Wildman–Crippen LogP) is 2.33. The van der Waals surface area contributed by atoms with Crippen LogP contribution < -0.4 is 10.6 Å². The van der Waals surface area contributed by atoms with Crippen LogP contribution in [0.15, 0.2) is 18.5 Å². The number of nitrogens with zero attached hydrogens (tertiary/aromatic N) is 3. The topological polar surface area (TPSA) is 79.4 Å². The summed E-state index contributed by atoms with van der Waals surface area (Å²) in [6, 6.07) is 4.15. The smallest absolute Gasteiger partial charge is 0.241 e. The highest BCUT2D eigenvalue weighted by Gasteiger charge is 2.28. The van der Waals surface area contributed by atoms with Gasteiger partial charge in [-0.1, -0.05) is 23.2 Å². The SMILES string of the molecule is O=C(CNc1ncnc2cc(Cl)c(Cl)cc12)N1CC[C@@H](NC2CCOC2)C1. The van der Waals surface area contributed by atoms with Gasteiger partial charge in [-0.15, -0.1) is 0 Å². The molecule has 2 atom stereocenters. The highest BCUT2D eigenvalue weighted by Crippen LogP contribution is 2.29. The number of ether oxygens (including phenoxy) is 1. The number of rotatable bonds is 5. The number of hydrogen-bond donors (Lipinski definition) is 2. The van der Waals surface area contributed by atoms with Crippen LogP contribution in [0, 0.1) is 0 Å². The minimum Gasteiger partial charge on any atom is -0.380 e.